The Morgan fingerprint density at radius 3 is 2.32 bits per heavy atom. The third-order valence-electron chi connectivity index (χ3n) is 4.93. The molecule has 0 aliphatic carbocycles. The second kappa shape index (κ2) is 9.65. The van der Waals surface area contributed by atoms with Gasteiger partial charge in [-0.25, -0.2) is 0 Å². The Labute approximate surface area is 167 Å². The Kier molecular flexibility index (Phi) is 6.74. The van der Waals surface area contributed by atoms with Gasteiger partial charge in [0.05, 0.1) is 0 Å². The number of nitrogens with one attached hydrogen (secondary N) is 1. The Balaban J connectivity index is 1.56. The van der Waals surface area contributed by atoms with Crippen LogP contribution in [0.3, 0.4) is 0 Å². The second-order valence-electron chi connectivity index (χ2n) is 6.86. The van der Waals surface area contributed by atoms with Gasteiger partial charge in [-0.2, -0.15) is 0 Å². The Hall–Kier alpha value is -3.20. The van der Waals surface area contributed by atoms with Gasteiger partial charge in [0.2, 0.25) is 6.41 Å². The van der Waals surface area contributed by atoms with Crippen LogP contribution in [0, 0.1) is 5.41 Å². The lowest BCUT2D eigenvalue weighted by atomic mass is 9.99. The number of hydrogen-bond acceptors (Lipinski definition) is 2. The van der Waals surface area contributed by atoms with Crippen molar-refractivity contribution in [2.24, 2.45) is 0 Å². The van der Waals surface area contributed by atoms with Gasteiger partial charge in [0, 0.05) is 12.1 Å². The van der Waals surface area contributed by atoms with E-state index >= 15 is 0 Å². The smallest absolute Gasteiger partial charge is 0.219 e. The van der Waals surface area contributed by atoms with Gasteiger partial charge in [-0.15, -0.1) is 0 Å². The van der Waals surface area contributed by atoms with Gasteiger partial charge in [0.25, 0.3) is 0 Å². The first-order chi connectivity index (χ1) is 13.7. The molecule has 142 valence electrons. The van der Waals surface area contributed by atoms with Crippen molar-refractivity contribution >= 4 is 17.9 Å². The van der Waals surface area contributed by atoms with Crippen molar-refractivity contribution in [3.8, 4) is 11.1 Å². The molecule has 0 unspecified atom stereocenters. The zero-order valence-electron chi connectivity index (χ0n) is 16.3. The summed E-state index contributed by atoms with van der Waals surface area (Å²) in [4.78, 5) is 12.8. The summed E-state index contributed by atoms with van der Waals surface area (Å²) < 4.78 is 0. The summed E-state index contributed by atoms with van der Waals surface area (Å²) in [5.74, 6) is 0.328. The molecule has 3 aromatic carbocycles. The molecule has 3 rings (SSSR count). The van der Waals surface area contributed by atoms with Crippen LogP contribution in [-0.2, 0) is 17.6 Å². The van der Waals surface area contributed by atoms with Crippen LogP contribution in [0.2, 0.25) is 0 Å². The molecule has 0 heterocycles. The maximum Gasteiger partial charge on any atom is 0.219 e. The molecule has 0 aliphatic rings. The van der Waals surface area contributed by atoms with Crippen molar-refractivity contribution in [1.29, 1.82) is 5.41 Å². The molecular formula is C25H26N2O. The number of anilines is 1. The predicted molar refractivity (Wildman–Crippen MR) is 117 cm³/mol. The summed E-state index contributed by atoms with van der Waals surface area (Å²) in [5, 5.41) is 8.23. The van der Waals surface area contributed by atoms with E-state index in [-0.39, 0.29) is 0 Å². The van der Waals surface area contributed by atoms with E-state index in [0.717, 1.165) is 31.4 Å². The quantitative estimate of drug-likeness (QED) is 0.300. The van der Waals surface area contributed by atoms with Crippen molar-refractivity contribution in [3.63, 3.8) is 0 Å². The fourth-order valence-corrected chi connectivity index (χ4v) is 3.28. The Morgan fingerprint density at radius 2 is 1.64 bits per heavy atom. The maximum absolute atomic E-state index is 11.4. The number of benzene rings is 3. The first-order valence-electron chi connectivity index (χ1n) is 9.76. The van der Waals surface area contributed by atoms with E-state index in [2.05, 4.69) is 55.5 Å². The second-order valence-corrected chi connectivity index (χ2v) is 6.86. The lowest BCUT2D eigenvalue weighted by Gasteiger charge is -2.18. The first-order valence-corrected chi connectivity index (χ1v) is 9.76. The molecule has 0 fully saturated rings. The Morgan fingerprint density at radius 1 is 0.893 bits per heavy atom. The third-order valence-corrected chi connectivity index (χ3v) is 4.93. The van der Waals surface area contributed by atoms with E-state index in [9.17, 15) is 4.79 Å². The van der Waals surface area contributed by atoms with Gasteiger partial charge in [0.15, 0.2) is 0 Å². The van der Waals surface area contributed by atoms with E-state index in [1.54, 1.807) is 0 Å². The summed E-state index contributed by atoms with van der Waals surface area (Å²) in [6, 6.07) is 26.6. The van der Waals surface area contributed by atoms with Crippen LogP contribution < -0.4 is 4.90 Å². The highest BCUT2D eigenvalue weighted by Crippen LogP contribution is 2.22. The lowest BCUT2D eigenvalue weighted by molar-refractivity contribution is -0.106. The largest absolute Gasteiger partial charge is 0.288 e. The maximum atomic E-state index is 11.4. The minimum atomic E-state index is 0.328. The van der Waals surface area contributed by atoms with Gasteiger partial charge >= 0.3 is 0 Å². The summed E-state index contributed by atoms with van der Waals surface area (Å²) in [6.45, 7) is 2.17. The molecule has 3 aromatic rings. The van der Waals surface area contributed by atoms with Crippen LogP contribution in [0.15, 0.2) is 78.9 Å². The number of para-hydroxylation sites is 1. The van der Waals surface area contributed by atoms with E-state index in [0.29, 0.717) is 12.3 Å². The number of nitrogens with zero attached hydrogens (tertiary/aromatic N) is 1. The SMILES string of the molecule is CCc1cccc(-c2ccc(CCCC(=N)N(C=O)c3ccccc3)cc2)c1. The molecule has 0 radical (unpaired) electrons. The zero-order chi connectivity index (χ0) is 19.8. The molecule has 0 bridgehead atoms. The van der Waals surface area contributed by atoms with Crippen LogP contribution in [0.25, 0.3) is 11.1 Å². The highest BCUT2D eigenvalue weighted by Gasteiger charge is 2.10. The van der Waals surface area contributed by atoms with E-state index in [1.165, 1.54) is 27.2 Å². The van der Waals surface area contributed by atoms with Crippen molar-refractivity contribution in [2.75, 3.05) is 4.90 Å². The first kappa shape index (κ1) is 19.6. The third kappa shape index (κ3) is 4.95. The van der Waals surface area contributed by atoms with Crippen LogP contribution in [0.4, 0.5) is 5.69 Å². The zero-order valence-corrected chi connectivity index (χ0v) is 16.3. The van der Waals surface area contributed by atoms with Crippen LogP contribution >= 0.6 is 0 Å². The van der Waals surface area contributed by atoms with Crippen LogP contribution in [0.5, 0.6) is 0 Å². The molecule has 1 N–H and O–H groups in total. The number of amidine groups is 1. The van der Waals surface area contributed by atoms with E-state index in [1.807, 2.05) is 30.3 Å². The van der Waals surface area contributed by atoms with Gasteiger partial charge < -0.3 is 0 Å². The minimum absolute atomic E-state index is 0.328. The molecule has 0 saturated carbocycles. The number of carbonyl (C=O) groups excluding carboxylic acids is 1. The molecular weight excluding hydrogens is 344 g/mol. The molecule has 0 aromatic heterocycles. The summed E-state index contributed by atoms with van der Waals surface area (Å²) >= 11 is 0. The summed E-state index contributed by atoms with van der Waals surface area (Å²) in [6.07, 6.45) is 4.04. The highest BCUT2D eigenvalue weighted by molar-refractivity contribution is 6.08. The summed E-state index contributed by atoms with van der Waals surface area (Å²) in [7, 11) is 0. The number of amides is 1. The van der Waals surface area contributed by atoms with E-state index in [4.69, 9.17) is 5.41 Å². The molecule has 1 amide bonds. The fraction of sp³-hybridized carbons (Fsp3) is 0.200. The lowest BCUT2D eigenvalue weighted by Crippen LogP contribution is -2.28. The highest BCUT2D eigenvalue weighted by atomic mass is 16.1. The molecule has 3 heteroatoms. The normalized spacial score (nSPS) is 10.5. The molecule has 3 nitrogen and oxygen atoms in total. The van der Waals surface area contributed by atoms with E-state index < -0.39 is 0 Å². The Bertz CT molecular complexity index is 917. The van der Waals surface area contributed by atoms with Gasteiger partial charge in [-0.05, 0) is 53.6 Å². The average Bonchev–Trinajstić information content (AvgIpc) is 2.75. The molecule has 0 aliphatic heterocycles. The number of rotatable bonds is 8. The van der Waals surface area contributed by atoms with Crippen LogP contribution in [0.1, 0.15) is 30.9 Å². The van der Waals surface area contributed by atoms with Crippen LogP contribution in [-0.4, -0.2) is 12.2 Å². The number of carbonyl (C=O) groups is 1. The van der Waals surface area contributed by atoms with Crippen molar-refractivity contribution in [1.82, 2.24) is 0 Å². The van der Waals surface area contributed by atoms with Crippen molar-refractivity contribution in [3.05, 3.63) is 90.0 Å². The number of aryl methyl sites for hydroxylation is 2. The average molecular weight is 370 g/mol. The molecule has 0 saturated heterocycles. The predicted octanol–water partition coefficient (Wildman–Crippen LogP) is 5.88. The topological polar surface area (TPSA) is 44.2 Å². The van der Waals surface area contributed by atoms with Gasteiger partial charge in [0.1, 0.15) is 5.84 Å². The van der Waals surface area contributed by atoms with Crippen molar-refractivity contribution in [2.45, 2.75) is 32.6 Å². The molecule has 0 spiro atoms. The minimum Gasteiger partial charge on any atom is -0.288 e. The summed E-state index contributed by atoms with van der Waals surface area (Å²) in [5.41, 5.74) is 5.81. The molecule has 0 atom stereocenters. The molecule has 28 heavy (non-hydrogen) atoms. The standard InChI is InChI=1S/C25H26N2O/c1-2-20-8-6-10-23(18-20)22-16-14-21(15-17-22)9-7-13-25(26)27(19-28)24-11-4-3-5-12-24/h3-6,8,10-12,14-19,26H,2,7,9,13H2,1H3. The van der Waals surface area contributed by atoms with Gasteiger partial charge in [-0.3, -0.25) is 15.1 Å². The number of hydrogen-bond donors (Lipinski definition) is 1. The fourth-order valence-electron chi connectivity index (χ4n) is 3.28. The van der Waals surface area contributed by atoms with Crippen molar-refractivity contribution < 1.29 is 4.79 Å². The van der Waals surface area contributed by atoms with Gasteiger partial charge in [-0.1, -0.05) is 73.7 Å². The monoisotopic (exact) mass is 370 g/mol.